The zero-order valence-corrected chi connectivity index (χ0v) is 11.0. The molecule has 1 heterocycles. The van der Waals surface area contributed by atoms with Gasteiger partial charge in [0.2, 0.25) is 0 Å². The van der Waals surface area contributed by atoms with Gasteiger partial charge in [-0.3, -0.25) is 0 Å². The van der Waals surface area contributed by atoms with Gasteiger partial charge in [0, 0.05) is 11.9 Å². The minimum absolute atomic E-state index is 0.280. The summed E-state index contributed by atoms with van der Waals surface area (Å²) in [6, 6.07) is 10.00. The van der Waals surface area contributed by atoms with E-state index in [1.165, 1.54) is 17.8 Å². The van der Waals surface area contributed by atoms with Gasteiger partial charge in [0.25, 0.3) is 0 Å². The number of aromatic nitrogens is 1. The molecule has 1 aromatic carbocycles. The van der Waals surface area contributed by atoms with Crippen molar-refractivity contribution in [2.24, 2.45) is 0 Å². The molecule has 0 amide bonds. The number of thioether (sulfide) groups is 1. The lowest BCUT2D eigenvalue weighted by atomic mass is 10.3. The maximum atomic E-state index is 13.2. The molecule has 0 saturated carbocycles. The summed E-state index contributed by atoms with van der Waals surface area (Å²) in [6.07, 6.45) is 1.60. The molecule has 0 unspecified atom stereocenters. The summed E-state index contributed by atoms with van der Waals surface area (Å²) >= 11 is 7.27. The molecule has 2 rings (SSSR count). The number of ether oxygens (including phenoxy) is 1. The molecule has 1 aromatic heterocycles. The lowest BCUT2D eigenvalue weighted by molar-refractivity contribution is 0.325. The molecule has 0 bridgehead atoms. The van der Waals surface area contributed by atoms with Gasteiger partial charge in [-0.1, -0.05) is 23.7 Å². The van der Waals surface area contributed by atoms with Crippen molar-refractivity contribution in [3.05, 3.63) is 53.4 Å². The summed E-state index contributed by atoms with van der Waals surface area (Å²) < 4.78 is 18.6. The zero-order chi connectivity index (χ0) is 12.8. The first-order chi connectivity index (χ1) is 8.75. The highest BCUT2D eigenvalue weighted by Crippen LogP contribution is 2.19. The van der Waals surface area contributed by atoms with Crippen molar-refractivity contribution in [1.82, 2.24) is 4.98 Å². The summed E-state index contributed by atoms with van der Waals surface area (Å²) in [7, 11) is 0. The maximum Gasteiger partial charge on any atom is 0.165 e. The molecule has 2 nitrogen and oxygen atoms in total. The Morgan fingerprint density at radius 2 is 2.06 bits per heavy atom. The standard InChI is InChI=1S/C13H11ClFNOS/c14-10-5-6-13(16-9-10)18-8-7-17-12-4-2-1-3-11(12)15/h1-6,9H,7-8H2. The van der Waals surface area contributed by atoms with E-state index in [1.54, 1.807) is 30.5 Å². The zero-order valence-electron chi connectivity index (χ0n) is 9.48. The Morgan fingerprint density at radius 3 is 2.78 bits per heavy atom. The number of hydrogen-bond acceptors (Lipinski definition) is 3. The molecule has 0 atom stereocenters. The van der Waals surface area contributed by atoms with E-state index in [1.807, 2.05) is 6.07 Å². The van der Waals surface area contributed by atoms with E-state index in [0.29, 0.717) is 17.4 Å². The molecule has 0 aliphatic rings. The van der Waals surface area contributed by atoms with Crippen LogP contribution in [0, 0.1) is 5.82 Å². The van der Waals surface area contributed by atoms with Crippen LogP contribution in [0.15, 0.2) is 47.6 Å². The Hall–Kier alpha value is -1.26. The Kier molecular flexibility index (Phi) is 4.84. The Labute approximate surface area is 114 Å². The fourth-order valence-corrected chi connectivity index (χ4v) is 2.09. The SMILES string of the molecule is Fc1ccccc1OCCSc1ccc(Cl)cn1. The van der Waals surface area contributed by atoms with Gasteiger partial charge in [-0.2, -0.15) is 0 Å². The second-order valence-corrected chi connectivity index (χ2v) is 4.99. The van der Waals surface area contributed by atoms with Crippen molar-refractivity contribution in [2.45, 2.75) is 5.03 Å². The number of benzene rings is 1. The fourth-order valence-electron chi connectivity index (χ4n) is 1.31. The van der Waals surface area contributed by atoms with E-state index < -0.39 is 0 Å². The quantitative estimate of drug-likeness (QED) is 0.611. The molecule has 18 heavy (non-hydrogen) atoms. The summed E-state index contributed by atoms with van der Waals surface area (Å²) in [5.74, 6) is 0.637. The van der Waals surface area contributed by atoms with E-state index in [0.717, 1.165) is 5.03 Å². The Morgan fingerprint density at radius 1 is 1.22 bits per heavy atom. The summed E-state index contributed by atoms with van der Waals surface area (Å²) in [6.45, 7) is 0.426. The average molecular weight is 284 g/mol. The van der Waals surface area contributed by atoms with Crippen LogP contribution in [-0.4, -0.2) is 17.3 Å². The van der Waals surface area contributed by atoms with Crippen LogP contribution < -0.4 is 4.74 Å². The van der Waals surface area contributed by atoms with Gasteiger partial charge in [-0.25, -0.2) is 9.37 Å². The molecule has 0 aliphatic carbocycles. The first kappa shape index (κ1) is 13.2. The number of para-hydroxylation sites is 1. The third kappa shape index (κ3) is 3.89. The van der Waals surface area contributed by atoms with Crippen molar-refractivity contribution < 1.29 is 9.13 Å². The molecule has 0 N–H and O–H groups in total. The van der Waals surface area contributed by atoms with E-state index in [-0.39, 0.29) is 11.6 Å². The van der Waals surface area contributed by atoms with Crippen LogP contribution >= 0.6 is 23.4 Å². The van der Waals surface area contributed by atoms with Crippen molar-refractivity contribution in [1.29, 1.82) is 0 Å². The topological polar surface area (TPSA) is 22.1 Å². The maximum absolute atomic E-state index is 13.2. The minimum atomic E-state index is -0.341. The van der Waals surface area contributed by atoms with Gasteiger partial charge < -0.3 is 4.74 Å². The van der Waals surface area contributed by atoms with Crippen LogP contribution in [0.5, 0.6) is 5.75 Å². The van der Waals surface area contributed by atoms with E-state index in [2.05, 4.69) is 4.98 Å². The van der Waals surface area contributed by atoms with E-state index >= 15 is 0 Å². The largest absolute Gasteiger partial charge is 0.490 e. The molecular formula is C13H11ClFNOS. The van der Waals surface area contributed by atoms with Gasteiger partial charge in [0.15, 0.2) is 11.6 Å². The molecule has 0 spiro atoms. The van der Waals surface area contributed by atoms with Crippen LogP contribution in [0.4, 0.5) is 4.39 Å². The second kappa shape index (κ2) is 6.61. The lowest BCUT2D eigenvalue weighted by Gasteiger charge is -2.06. The van der Waals surface area contributed by atoms with Crippen LogP contribution in [0.2, 0.25) is 5.02 Å². The number of halogens is 2. The van der Waals surface area contributed by atoms with Crippen LogP contribution in [0.1, 0.15) is 0 Å². The molecule has 94 valence electrons. The van der Waals surface area contributed by atoms with Crippen molar-refractivity contribution in [3.8, 4) is 5.75 Å². The minimum Gasteiger partial charge on any atom is -0.490 e. The molecule has 0 radical (unpaired) electrons. The Bertz CT molecular complexity index is 507. The van der Waals surface area contributed by atoms with Gasteiger partial charge in [-0.15, -0.1) is 11.8 Å². The van der Waals surface area contributed by atoms with Gasteiger partial charge in [-0.05, 0) is 24.3 Å². The lowest BCUT2D eigenvalue weighted by Crippen LogP contribution is -2.01. The predicted molar refractivity (Wildman–Crippen MR) is 71.9 cm³/mol. The molecule has 0 fully saturated rings. The molecule has 2 aromatic rings. The fraction of sp³-hybridized carbons (Fsp3) is 0.154. The number of rotatable bonds is 5. The monoisotopic (exact) mass is 283 g/mol. The highest BCUT2D eigenvalue weighted by molar-refractivity contribution is 7.99. The van der Waals surface area contributed by atoms with Crippen molar-refractivity contribution in [2.75, 3.05) is 12.4 Å². The molecule has 0 aliphatic heterocycles. The highest BCUT2D eigenvalue weighted by Gasteiger charge is 2.01. The van der Waals surface area contributed by atoms with Crippen molar-refractivity contribution >= 4 is 23.4 Å². The van der Waals surface area contributed by atoms with E-state index in [4.69, 9.17) is 16.3 Å². The molecular weight excluding hydrogens is 273 g/mol. The number of pyridine rings is 1. The van der Waals surface area contributed by atoms with Crippen LogP contribution in [-0.2, 0) is 0 Å². The predicted octanol–water partition coefficient (Wildman–Crippen LogP) is 4.05. The number of hydrogen-bond donors (Lipinski definition) is 0. The van der Waals surface area contributed by atoms with Crippen LogP contribution in [0.3, 0.4) is 0 Å². The molecule has 0 saturated heterocycles. The normalized spacial score (nSPS) is 10.3. The first-order valence-corrected chi connectivity index (χ1v) is 6.74. The highest BCUT2D eigenvalue weighted by atomic mass is 35.5. The van der Waals surface area contributed by atoms with E-state index in [9.17, 15) is 4.39 Å². The van der Waals surface area contributed by atoms with Gasteiger partial charge in [0.05, 0.1) is 16.7 Å². The smallest absolute Gasteiger partial charge is 0.165 e. The summed E-state index contributed by atoms with van der Waals surface area (Å²) in [5.41, 5.74) is 0. The third-order valence-electron chi connectivity index (χ3n) is 2.13. The average Bonchev–Trinajstić information content (AvgIpc) is 2.39. The van der Waals surface area contributed by atoms with Crippen molar-refractivity contribution in [3.63, 3.8) is 0 Å². The third-order valence-corrected chi connectivity index (χ3v) is 3.26. The molecule has 5 heteroatoms. The summed E-state index contributed by atoms with van der Waals surface area (Å²) in [5, 5.41) is 1.48. The first-order valence-electron chi connectivity index (χ1n) is 5.37. The Balaban J connectivity index is 1.76. The second-order valence-electron chi connectivity index (χ2n) is 3.44. The number of nitrogens with zero attached hydrogens (tertiary/aromatic N) is 1. The van der Waals surface area contributed by atoms with Crippen LogP contribution in [0.25, 0.3) is 0 Å². The van der Waals surface area contributed by atoms with Gasteiger partial charge >= 0.3 is 0 Å². The van der Waals surface area contributed by atoms with Gasteiger partial charge in [0.1, 0.15) is 0 Å². The summed E-state index contributed by atoms with van der Waals surface area (Å²) in [4.78, 5) is 4.14.